The molecule has 0 saturated heterocycles. The minimum absolute atomic E-state index is 0.0394. The van der Waals surface area contributed by atoms with Crippen LogP contribution in [0.1, 0.15) is 41.0 Å². The van der Waals surface area contributed by atoms with Crippen LogP contribution in [0.25, 0.3) is 0 Å². The number of hydrogen-bond donors (Lipinski definition) is 1. The molecule has 0 heterocycles. The van der Waals surface area contributed by atoms with Crippen LogP contribution in [-0.4, -0.2) is 53.1 Å². The molecule has 2 atom stereocenters. The van der Waals surface area contributed by atoms with Gasteiger partial charge in [0.15, 0.2) is 12.4 Å². The largest absolute Gasteiger partial charge is 0.466 e. The molecule has 0 fully saturated rings. The van der Waals surface area contributed by atoms with Crippen LogP contribution >= 0.6 is 8.96 Å². The summed E-state index contributed by atoms with van der Waals surface area (Å²) in [6.07, 6.45) is 0.431. The topological polar surface area (TPSA) is 93.1 Å². The van der Waals surface area contributed by atoms with E-state index in [-0.39, 0.29) is 30.9 Å². The summed E-state index contributed by atoms with van der Waals surface area (Å²) in [4.78, 5) is 43.7. The van der Waals surface area contributed by atoms with Gasteiger partial charge in [-0.1, -0.05) is 0 Å². The van der Waals surface area contributed by atoms with Gasteiger partial charge in [-0.2, -0.15) is 0 Å². The highest BCUT2D eigenvalue weighted by molar-refractivity contribution is 7.28. The number of rotatable bonds is 10. The van der Waals surface area contributed by atoms with Gasteiger partial charge in [0.25, 0.3) is 0 Å². The molecule has 0 aromatic rings. The first-order chi connectivity index (χ1) is 10.1. The second-order valence-electron chi connectivity index (χ2n) is 5.70. The fourth-order valence-corrected chi connectivity index (χ4v) is 2.50. The third kappa shape index (κ3) is 7.82. The fourth-order valence-electron chi connectivity index (χ4n) is 1.97. The van der Waals surface area contributed by atoms with E-state index in [1.807, 2.05) is 6.92 Å². The van der Waals surface area contributed by atoms with E-state index in [1.54, 1.807) is 25.4 Å². The Morgan fingerprint density at radius 3 is 2.32 bits per heavy atom. The molecule has 0 aromatic heterocycles. The Bertz CT molecular complexity index is 399. The zero-order valence-corrected chi connectivity index (χ0v) is 14.8. The summed E-state index contributed by atoms with van der Waals surface area (Å²) < 4.78 is 11.2. The van der Waals surface area contributed by atoms with Crippen molar-refractivity contribution in [1.29, 1.82) is 0 Å². The maximum Gasteiger partial charge on any atom is 0.311 e. The highest BCUT2D eigenvalue weighted by atomic mass is 31.1. The Hall–Kier alpha value is -1.04. The quantitative estimate of drug-likeness (QED) is 0.475. The van der Waals surface area contributed by atoms with Crippen LogP contribution in [0.2, 0.25) is 0 Å². The van der Waals surface area contributed by atoms with Gasteiger partial charge in [0, 0.05) is 13.0 Å². The predicted octanol–water partition coefficient (Wildman–Crippen LogP) is 1.29. The summed E-state index contributed by atoms with van der Waals surface area (Å²) in [6.45, 7) is 8.27. The number of carbonyl (C=O) groups excluding carboxylic acids is 3. The van der Waals surface area contributed by atoms with E-state index in [0.717, 1.165) is 0 Å². The third-order valence-corrected chi connectivity index (χ3v) is 3.93. The van der Waals surface area contributed by atoms with Gasteiger partial charge in [0.2, 0.25) is 0 Å². The minimum atomic E-state index is -0.716. The molecule has 0 bridgehead atoms. The molecule has 0 aliphatic heterocycles. The fraction of sp³-hybridized carbons (Fsp3) is 0.786. The summed E-state index contributed by atoms with van der Waals surface area (Å²) in [7, 11) is -0.579. The number of Topliss-reactive ketones (excluding diaryl/α,β-unsaturated/α-hetero) is 1. The van der Waals surface area contributed by atoms with Crippen molar-refractivity contribution in [2.75, 3.05) is 19.8 Å². The van der Waals surface area contributed by atoms with Gasteiger partial charge in [0.05, 0.1) is 27.5 Å². The normalized spacial score (nSPS) is 13.4. The molecule has 0 aliphatic rings. The first-order valence-corrected chi connectivity index (χ1v) is 8.02. The first kappa shape index (κ1) is 21.0. The lowest BCUT2D eigenvalue weighted by Gasteiger charge is -2.31. The lowest BCUT2D eigenvalue weighted by atomic mass is 9.86. The summed E-state index contributed by atoms with van der Waals surface area (Å²) >= 11 is 0. The molecule has 22 heavy (non-hydrogen) atoms. The van der Waals surface area contributed by atoms with Crippen LogP contribution in [0.5, 0.6) is 0 Å². The van der Waals surface area contributed by atoms with Crippen LogP contribution in [0.3, 0.4) is 0 Å². The van der Waals surface area contributed by atoms with Crippen molar-refractivity contribution < 1.29 is 28.8 Å². The number of nitrogens with zero attached hydrogens (tertiary/aromatic N) is 1. The number of hydrogen-bond acceptors (Lipinski definition) is 7. The van der Waals surface area contributed by atoms with Crippen molar-refractivity contribution in [2.24, 2.45) is 5.41 Å². The minimum Gasteiger partial charge on any atom is -0.466 e. The van der Waals surface area contributed by atoms with E-state index in [4.69, 9.17) is 4.74 Å². The lowest BCUT2D eigenvalue weighted by Crippen LogP contribution is -2.38. The van der Waals surface area contributed by atoms with Gasteiger partial charge in [-0.05, 0) is 34.1 Å². The maximum absolute atomic E-state index is 11.9. The Balaban J connectivity index is 4.57. The van der Waals surface area contributed by atoms with Crippen molar-refractivity contribution in [3.63, 3.8) is 0 Å². The smallest absolute Gasteiger partial charge is 0.311 e. The molecule has 8 heteroatoms. The van der Waals surface area contributed by atoms with Gasteiger partial charge in [-0.25, -0.2) is 0 Å². The van der Waals surface area contributed by atoms with Crippen molar-refractivity contribution in [3.8, 4) is 0 Å². The molecular weight excluding hydrogens is 309 g/mol. The average molecular weight is 335 g/mol. The molecule has 7 nitrogen and oxygen atoms in total. The van der Waals surface area contributed by atoms with E-state index >= 15 is 0 Å². The summed E-state index contributed by atoms with van der Waals surface area (Å²) in [5.74, 6) is -1.14. The zero-order chi connectivity index (χ0) is 17.3. The van der Waals surface area contributed by atoms with Crippen LogP contribution in [0.15, 0.2) is 0 Å². The predicted molar refractivity (Wildman–Crippen MR) is 83.4 cm³/mol. The number of esters is 2. The van der Waals surface area contributed by atoms with Crippen LogP contribution in [0, 0.1) is 5.41 Å². The van der Waals surface area contributed by atoms with E-state index < -0.39 is 20.3 Å². The Kier molecular flexibility index (Phi) is 9.41. The summed E-state index contributed by atoms with van der Waals surface area (Å²) in [5.41, 5.74) is -0.716. The molecule has 2 unspecified atom stereocenters. The molecule has 0 saturated carbocycles. The van der Waals surface area contributed by atoms with Crippen molar-refractivity contribution in [2.45, 2.75) is 47.1 Å². The number of ether oxygens (including phenoxy) is 2. The summed E-state index contributed by atoms with van der Waals surface area (Å²) in [6, 6.07) is -0.205. The molecule has 128 valence electrons. The molecule has 1 N–H and O–H groups in total. The SMILES string of the molecule is CCOC(=O)C(C)(C)CC(C)N(CC(=O)COC(C)=O)PO. The third-order valence-electron chi connectivity index (χ3n) is 3.08. The van der Waals surface area contributed by atoms with E-state index in [9.17, 15) is 19.3 Å². The standard InChI is InChI=1S/C14H26NO6P/c1-6-20-13(18)14(4,5)7-10(2)15(22-19)8-12(17)9-21-11(3)16/h10,19,22H,6-9H2,1-5H3. The molecule has 0 spiro atoms. The number of ketones is 1. The lowest BCUT2D eigenvalue weighted by molar-refractivity contribution is -0.154. The molecule has 0 rings (SSSR count). The Morgan fingerprint density at radius 2 is 1.86 bits per heavy atom. The van der Waals surface area contributed by atoms with E-state index in [1.165, 1.54) is 6.92 Å². The van der Waals surface area contributed by atoms with Gasteiger partial charge >= 0.3 is 11.9 Å². The van der Waals surface area contributed by atoms with Crippen molar-refractivity contribution in [3.05, 3.63) is 0 Å². The van der Waals surface area contributed by atoms with E-state index in [0.29, 0.717) is 13.0 Å². The molecule has 0 radical (unpaired) electrons. The van der Waals surface area contributed by atoms with Gasteiger partial charge in [-0.3, -0.25) is 19.1 Å². The molecular formula is C14H26NO6P. The first-order valence-electron chi connectivity index (χ1n) is 7.12. The van der Waals surface area contributed by atoms with Gasteiger partial charge in [0.1, 0.15) is 0 Å². The molecule has 0 amide bonds. The monoisotopic (exact) mass is 335 g/mol. The Morgan fingerprint density at radius 1 is 1.27 bits per heavy atom. The van der Waals surface area contributed by atoms with Crippen LogP contribution in [-0.2, 0) is 23.9 Å². The van der Waals surface area contributed by atoms with Gasteiger partial charge in [-0.15, -0.1) is 0 Å². The summed E-state index contributed by atoms with van der Waals surface area (Å²) in [5, 5.41) is 0. The average Bonchev–Trinajstić information content (AvgIpc) is 2.42. The van der Waals surface area contributed by atoms with Crippen molar-refractivity contribution >= 4 is 26.7 Å². The number of carbonyl (C=O) groups is 3. The highest BCUT2D eigenvalue weighted by Gasteiger charge is 2.33. The van der Waals surface area contributed by atoms with Gasteiger partial charge < -0.3 is 14.4 Å². The van der Waals surface area contributed by atoms with E-state index in [2.05, 4.69) is 4.74 Å². The second kappa shape index (κ2) is 9.87. The molecule has 0 aliphatic carbocycles. The van der Waals surface area contributed by atoms with Crippen LogP contribution in [0.4, 0.5) is 0 Å². The van der Waals surface area contributed by atoms with Crippen LogP contribution < -0.4 is 0 Å². The second-order valence-corrected chi connectivity index (χ2v) is 6.48. The molecule has 0 aromatic carbocycles. The van der Waals surface area contributed by atoms with Crippen molar-refractivity contribution in [1.82, 2.24) is 4.67 Å². The zero-order valence-electron chi connectivity index (χ0n) is 13.8. The maximum atomic E-state index is 11.9. The highest BCUT2D eigenvalue weighted by Crippen LogP contribution is 2.29. The Labute approximate surface area is 133 Å².